The van der Waals surface area contributed by atoms with Crippen LogP contribution in [0.1, 0.15) is 12.6 Å². The summed E-state index contributed by atoms with van der Waals surface area (Å²) in [5.41, 5.74) is 12.2. The normalized spacial score (nSPS) is 11.2. The summed E-state index contributed by atoms with van der Waals surface area (Å²) in [5.74, 6) is -3.48. The van der Waals surface area contributed by atoms with Crippen LogP contribution in [0.2, 0.25) is 30.1 Å². The zero-order valence-electron chi connectivity index (χ0n) is 71.3. The van der Waals surface area contributed by atoms with Crippen molar-refractivity contribution >= 4 is 135 Å². The maximum atomic E-state index is 14.2. The van der Waals surface area contributed by atoms with Gasteiger partial charge in [0.25, 0.3) is 27.8 Å². The highest BCUT2D eigenvalue weighted by Gasteiger charge is 2.30. The van der Waals surface area contributed by atoms with Gasteiger partial charge in [-0.3, -0.25) is 24.0 Å². The van der Waals surface area contributed by atoms with Crippen molar-refractivity contribution in [1.29, 1.82) is 0 Å². The molecule has 696 valence electrons. The first-order valence-electron chi connectivity index (χ1n) is 41.4. The molecule has 18 aromatic heterocycles. The molecule has 0 fully saturated rings. The number of benzene rings is 6. The number of halogens is 12. The molecule has 0 unspecified atom stereocenters. The Hall–Kier alpha value is -17.1. The lowest BCUT2D eigenvalue weighted by Crippen LogP contribution is -2.18. The molecule has 0 aliphatic rings. The number of aromatic nitrogens is 20. The van der Waals surface area contributed by atoms with Crippen LogP contribution in [0.3, 0.4) is 0 Å². The summed E-state index contributed by atoms with van der Waals surface area (Å²) in [6.45, 7) is 4.30. The molecule has 31 nitrogen and oxygen atoms in total. The minimum atomic E-state index is -0.998. The third kappa shape index (κ3) is 17.2. The minimum absolute atomic E-state index is 0.0143. The molecule has 140 heavy (non-hydrogen) atoms. The third-order valence-corrected chi connectivity index (χ3v) is 24.8. The standard InChI is InChI=1S/C18H13F2N3O2.C17H11Cl2N3O.C16H9Cl2N3O2.C16H9F2N3O2.C15H8Cl2N4O2.C15H8F2N4O2/c1-2-23-7-6-11-12(8-21-16(11)18(23)24)17-13(9-22-25-17)10-4-3-5-14(19)15(10)20;1-9-14(11-4-2-6-13(18)15(11)19)16(23-22-9)12-8-21-17-10(12)5-3-7-20-17;2*17-12-3-1-2-8(13(12)18)11-7-21-23-15(11)10-6-20-14-9(10)4-5-19-16(14)22;2*16-10-3-1-2-7(11(10)17)8-5-21-23-14(8)9-4-18-13-12(9)19-6-20-15(13)22/h3-9,21H,2H2,1H3;2-8H,1H3,(H,20,21);2*1-7,20H,(H,19,22);2*1-6,18H,(H,19,20,22). The van der Waals surface area contributed by atoms with E-state index in [1.807, 2.05) is 56.4 Å². The first kappa shape index (κ1) is 92.0. The highest BCUT2D eigenvalue weighted by Crippen LogP contribution is 2.47. The molecule has 0 aliphatic heterocycles. The van der Waals surface area contributed by atoms with Crippen LogP contribution in [0, 0.1) is 41.8 Å². The third-order valence-electron chi connectivity index (χ3n) is 22.4. The van der Waals surface area contributed by atoms with E-state index >= 15 is 0 Å². The molecule has 0 aliphatic carbocycles. The smallest absolute Gasteiger partial charge is 0.275 e. The van der Waals surface area contributed by atoms with Crippen LogP contribution >= 0.6 is 69.6 Å². The molecule has 0 spiro atoms. The summed E-state index contributed by atoms with van der Waals surface area (Å²) in [6, 6.07) is 37.0. The van der Waals surface area contributed by atoms with Gasteiger partial charge in [0, 0.05) is 146 Å². The van der Waals surface area contributed by atoms with E-state index in [0.717, 1.165) is 68.1 Å². The molecule has 24 aromatic rings. The average molecular weight is 2010 g/mol. The van der Waals surface area contributed by atoms with Crippen molar-refractivity contribution in [3.05, 3.63) is 368 Å². The molecule has 6 aromatic carbocycles. The maximum absolute atomic E-state index is 14.2. The Morgan fingerprint density at radius 3 is 1.11 bits per heavy atom. The molecular weight excluding hydrogens is 1950 g/mol. The van der Waals surface area contributed by atoms with Crippen molar-refractivity contribution < 1.29 is 53.5 Å². The largest absolute Gasteiger partial charge is 0.356 e. The van der Waals surface area contributed by atoms with E-state index in [1.54, 1.807) is 109 Å². The first-order valence-corrected chi connectivity index (χ1v) is 43.7. The lowest BCUT2D eigenvalue weighted by Gasteiger charge is -2.06. The Kier molecular flexibility index (Phi) is 25.6. The molecule has 0 amide bonds. The van der Waals surface area contributed by atoms with Crippen LogP contribution in [0.15, 0.2) is 296 Å². The number of hydrogen-bond donors (Lipinski definition) is 10. The van der Waals surface area contributed by atoms with Gasteiger partial charge in [-0.25, -0.2) is 41.3 Å². The van der Waals surface area contributed by atoms with E-state index in [9.17, 15) is 50.3 Å². The van der Waals surface area contributed by atoms with Crippen LogP contribution in [0.5, 0.6) is 0 Å². The predicted molar refractivity (Wildman–Crippen MR) is 516 cm³/mol. The van der Waals surface area contributed by atoms with Gasteiger partial charge >= 0.3 is 0 Å². The van der Waals surface area contributed by atoms with Crippen molar-refractivity contribution in [2.24, 2.45) is 0 Å². The highest BCUT2D eigenvalue weighted by molar-refractivity contribution is 6.45. The molecule has 0 saturated carbocycles. The summed E-state index contributed by atoms with van der Waals surface area (Å²) < 4.78 is 116. The average Bonchev–Trinajstić information content (AvgIpc) is 1.63. The van der Waals surface area contributed by atoms with Crippen molar-refractivity contribution in [3.63, 3.8) is 0 Å². The second-order valence-electron chi connectivity index (χ2n) is 30.3. The van der Waals surface area contributed by atoms with E-state index in [1.165, 1.54) is 80.0 Å². The van der Waals surface area contributed by atoms with Crippen molar-refractivity contribution in [3.8, 4) is 135 Å². The second kappa shape index (κ2) is 38.9. The van der Waals surface area contributed by atoms with Gasteiger partial charge < -0.3 is 81.5 Å². The van der Waals surface area contributed by atoms with Crippen molar-refractivity contribution in [2.45, 2.75) is 20.4 Å². The van der Waals surface area contributed by atoms with Crippen LogP contribution in [-0.2, 0) is 6.54 Å². The molecule has 0 saturated heterocycles. The monoisotopic (exact) mass is 2000 g/mol. The second-order valence-corrected chi connectivity index (χ2v) is 32.7. The number of hydrogen-bond acceptors (Lipinski definition) is 20. The number of H-pyrrole nitrogens is 10. The number of rotatable bonds is 13. The summed E-state index contributed by atoms with van der Waals surface area (Å²) in [7, 11) is 0. The molecule has 18 heterocycles. The van der Waals surface area contributed by atoms with Crippen LogP contribution < -0.4 is 27.8 Å². The number of aromatic amines is 10. The predicted octanol–water partition coefficient (Wildman–Crippen LogP) is 24.1. The summed E-state index contributed by atoms with van der Waals surface area (Å²) in [6.07, 6.45) is 26.1. The molecule has 0 bridgehead atoms. The van der Waals surface area contributed by atoms with E-state index in [2.05, 4.69) is 95.7 Å². The highest BCUT2D eigenvalue weighted by atomic mass is 35.5. The van der Waals surface area contributed by atoms with Crippen molar-refractivity contribution in [1.82, 2.24) is 100 Å². The minimum Gasteiger partial charge on any atom is -0.356 e. The molecule has 24 rings (SSSR count). The van der Waals surface area contributed by atoms with Crippen molar-refractivity contribution in [2.75, 3.05) is 0 Å². The fraction of sp³-hybridized carbons (Fsp3) is 0.0309. The van der Waals surface area contributed by atoms with Gasteiger partial charge in [0.15, 0.2) is 69.5 Å². The molecule has 0 radical (unpaired) electrons. The molecule has 10 N–H and O–H groups in total. The summed E-state index contributed by atoms with van der Waals surface area (Å²) >= 11 is 37.3. The maximum Gasteiger partial charge on any atom is 0.275 e. The number of nitrogens with one attached hydrogen (secondary N) is 10. The fourth-order valence-electron chi connectivity index (χ4n) is 15.8. The Morgan fingerprint density at radius 2 is 0.671 bits per heavy atom. The number of pyridine rings is 4. The Labute approximate surface area is 806 Å². The number of aryl methyl sites for hydroxylation is 2. The lowest BCUT2D eigenvalue weighted by molar-refractivity contribution is 0.427. The fourth-order valence-corrected chi connectivity index (χ4v) is 17.0. The van der Waals surface area contributed by atoms with Gasteiger partial charge in [0.1, 0.15) is 44.3 Å². The summed E-state index contributed by atoms with van der Waals surface area (Å²) in [5, 5.41) is 28.6. The molecular formula is C97H58Cl6F6N20O11. The first-order chi connectivity index (χ1) is 67.9. The Morgan fingerprint density at radius 1 is 0.321 bits per heavy atom. The number of fused-ring (bicyclic) bond motifs is 6. The topological polar surface area (TPSA) is 443 Å². The van der Waals surface area contributed by atoms with Crippen LogP contribution in [-0.4, -0.2) is 100 Å². The summed E-state index contributed by atoms with van der Waals surface area (Å²) in [4.78, 5) is 99.8. The van der Waals surface area contributed by atoms with Gasteiger partial charge in [-0.05, 0) is 80.6 Å². The zero-order chi connectivity index (χ0) is 97.4. The van der Waals surface area contributed by atoms with Crippen LogP contribution in [0.4, 0.5) is 26.3 Å². The van der Waals surface area contributed by atoms with E-state index < -0.39 is 34.9 Å². The van der Waals surface area contributed by atoms with Gasteiger partial charge in [0.2, 0.25) is 0 Å². The Balaban J connectivity index is 0.000000107. The molecule has 43 heteroatoms. The van der Waals surface area contributed by atoms with E-state index in [4.69, 9.17) is 96.7 Å². The molecule has 0 atom stereocenters. The van der Waals surface area contributed by atoms with Gasteiger partial charge in [-0.1, -0.05) is 173 Å². The van der Waals surface area contributed by atoms with Gasteiger partial charge in [-0.15, -0.1) is 0 Å². The lowest BCUT2D eigenvalue weighted by atomic mass is 10.00. The van der Waals surface area contributed by atoms with Gasteiger partial charge in [-0.2, -0.15) is 0 Å². The Bertz CT molecular complexity index is 8490. The SMILES string of the molecule is CCn1ccc2c(-c3oncc3-c3cccc(F)c3F)c[nH]c2c1=O.Cc1noc(-c2c[nH]c3ncccc23)c1-c1cccc(Cl)c1Cl.O=c1[nH]ccc2c(-c3oncc3-c3cccc(Cl)c3Cl)c[nH]c12.O=c1[nH]ccc2c(-c3oncc3-c3cccc(F)c3F)c[nH]c12.O=c1[nH]cnc2c(-c3oncc3-c3cccc(Cl)c3Cl)c[nH]c12.O=c1[nH]cnc2c(-c3oncc3-c3cccc(F)c3F)c[nH]c12. The quantitative estimate of drug-likeness (QED) is 0.0479. The van der Waals surface area contributed by atoms with Gasteiger partial charge in [0.05, 0.1) is 124 Å². The zero-order valence-corrected chi connectivity index (χ0v) is 75.8. The van der Waals surface area contributed by atoms with Crippen LogP contribution in [0.25, 0.3) is 201 Å². The number of nitrogens with zero attached hydrogens (tertiary/aromatic N) is 10. The van der Waals surface area contributed by atoms with E-state index in [-0.39, 0.29) is 72.8 Å². The van der Waals surface area contributed by atoms with E-state index in [0.29, 0.717) is 148 Å².